The van der Waals surface area contributed by atoms with Crippen LogP contribution in [-0.2, 0) is 15.1 Å². The van der Waals surface area contributed by atoms with Crippen LogP contribution in [0.5, 0.6) is 0 Å². The normalized spacial score (nSPS) is 13.0. The van der Waals surface area contributed by atoms with Gasteiger partial charge in [-0.15, -0.1) is 0 Å². The van der Waals surface area contributed by atoms with E-state index in [4.69, 9.17) is 4.74 Å². The number of carbonyl (C=O) groups is 2. The summed E-state index contributed by atoms with van der Waals surface area (Å²) in [6, 6.07) is 44.6. The number of unbranched alkanes of at least 4 members (excludes halogenated alkanes) is 1. The van der Waals surface area contributed by atoms with Crippen LogP contribution in [0, 0.1) is 6.92 Å². The zero-order valence-electron chi connectivity index (χ0n) is 26.6. The minimum absolute atomic E-state index is 0.0921. The number of carboxylic acids is 1. The zero-order valence-corrected chi connectivity index (χ0v) is 26.6. The van der Waals surface area contributed by atoms with Gasteiger partial charge in [0.2, 0.25) is 0 Å². The van der Waals surface area contributed by atoms with Crippen LogP contribution < -0.4 is 10.6 Å². The van der Waals surface area contributed by atoms with Gasteiger partial charge in [-0.3, -0.25) is 5.32 Å². The predicted molar refractivity (Wildman–Crippen MR) is 185 cm³/mol. The summed E-state index contributed by atoms with van der Waals surface area (Å²) in [4.78, 5) is 25.0. The molecule has 0 saturated heterocycles. The minimum Gasteiger partial charge on any atom is -0.480 e. The van der Waals surface area contributed by atoms with Crippen molar-refractivity contribution in [2.75, 3.05) is 13.2 Å². The van der Waals surface area contributed by atoms with Gasteiger partial charge in [-0.05, 0) is 71.7 Å². The molecule has 1 aliphatic carbocycles. The lowest BCUT2D eigenvalue weighted by atomic mass is 9.76. The van der Waals surface area contributed by atoms with Gasteiger partial charge in [0, 0.05) is 5.92 Å². The maximum atomic E-state index is 12.8. The first-order valence-corrected chi connectivity index (χ1v) is 16.2. The molecule has 3 N–H and O–H groups in total. The number of ether oxygens (including phenoxy) is 1. The summed E-state index contributed by atoms with van der Waals surface area (Å²) in [6.45, 7) is 2.85. The van der Waals surface area contributed by atoms with Crippen molar-refractivity contribution in [2.24, 2.45) is 0 Å². The number of aliphatic carboxylic acids is 1. The van der Waals surface area contributed by atoms with E-state index in [1.165, 1.54) is 5.56 Å². The highest BCUT2D eigenvalue weighted by molar-refractivity contribution is 5.81. The number of rotatable bonds is 13. The van der Waals surface area contributed by atoms with Crippen molar-refractivity contribution in [3.63, 3.8) is 0 Å². The number of alkyl carbamates (subject to hydrolysis) is 1. The van der Waals surface area contributed by atoms with Gasteiger partial charge in [-0.25, -0.2) is 9.59 Å². The molecule has 238 valence electrons. The summed E-state index contributed by atoms with van der Waals surface area (Å²) in [6.07, 6.45) is 0.879. The van der Waals surface area contributed by atoms with Gasteiger partial charge in [0.1, 0.15) is 12.6 Å². The highest BCUT2D eigenvalue weighted by Crippen LogP contribution is 2.44. The fourth-order valence-corrected chi connectivity index (χ4v) is 6.78. The predicted octanol–water partition coefficient (Wildman–Crippen LogP) is 8.04. The smallest absolute Gasteiger partial charge is 0.407 e. The second-order valence-corrected chi connectivity index (χ2v) is 12.1. The third-order valence-electron chi connectivity index (χ3n) is 9.14. The number of aryl methyl sites for hydroxylation is 1. The van der Waals surface area contributed by atoms with Gasteiger partial charge >= 0.3 is 12.1 Å². The molecule has 6 heteroatoms. The summed E-state index contributed by atoms with van der Waals surface area (Å²) in [5, 5.41) is 16.4. The average Bonchev–Trinajstić information content (AvgIpc) is 3.43. The standard InChI is InChI=1S/C41H40N2O4/c1-29-23-25-32(26-24-29)41(30-14-4-2-5-15-30,31-16-6-3-7-17-31)42-27-13-12-22-38(39(44)45)43-40(46)47-28-37-35-20-10-8-18-33(35)34-19-9-11-21-36(34)37/h2-11,14-21,23-26,37-38,42H,12-13,22,27-28H2,1H3,(H,43,46)(H,44,45). The molecule has 0 saturated carbocycles. The number of benzene rings is 5. The Morgan fingerprint density at radius 2 is 1.21 bits per heavy atom. The highest BCUT2D eigenvalue weighted by atomic mass is 16.5. The SMILES string of the molecule is Cc1ccc(C(NCCCCC(NC(=O)OCC2c3ccccc3-c3ccccc32)C(=O)O)(c2ccccc2)c2ccccc2)cc1. The number of fused-ring (bicyclic) bond motifs is 3. The Bertz CT molecular complexity index is 1720. The molecule has 0 heterocycles. The Labute approximate surface area is 276 Å². The third kappa shape index (κ3) is 6.83. The number of carboxylic acid groups (broad SMARTS) is 1. The Morgan fingerprint density at radius 3 is 1.77 bits per heavy atom. The number of hydrogen-bond donors (Lipinski definition) is 3. The molecule has 0 radical (unpaired) electrons. The molecule has 0 aliphatic heterocycles. The van der Waals surface area contributed by atoms with Crippen LogP contribution in [-0.4, -0.2) is 36.4 Å². The van der Waals surface area contributed by atoms with E-state index in [0.29, 0.717) is 19.4 Å². The fourth-order valence-electron chi connectivity index (χ4n) is 6.78. The van der Waals surface area contributed by atoms with E-state index in [1.54, 1.807) is 0 Å². The lowest BCUT2D eigenvalue weighted by molar-refractivity contribution is -0.139. The van der Waals surface area contributed by atoms with Gasteiger partial charge < -0.3 is 15.2 Å². The fraction of sp³-hybridized carbons (Fsp3) is 0.220. The third-order valence-corrected chi connectivity index (χ3v) is 9.14. The quantitative estimate of drug-likeness (QED) is 0.0912. The summed E-state index contributed by atoms with van der Waals surface area (Å²) < 4.78 is 5.62. The first-order chi connectivity index (χ1) is 23.0. The van der Waals surface area contributed by atoms with Crippen molar-refractivity contribution in [3.8, 4) is 11.1 Å². The van der Waals surface area contributed by atoms with Crippen LogP contribution in [0.1, 0.15) is 58.6 Å². The summed E-state index contributed by atoms with van der Waals surface area (Å²) in [5.41, 5.74) is 8.45. The lowest BCUT2D eigenvalue weighted by Crippen LogP contribution is -2.45. The number of hydrogen-bond acceptors (Lipinski definition) is 4. The molecular formula is C41H40N2O4. The lowest BCUT2D eigenvalue weighted by Gasteiger charge is -2.37. The molecule has 1 aliphatic rings. The average molecular weight is 625 g/mol. The molecule has 47 heavy (non-hydrogen) atoms. The molecule has 1 amide bonds. The van der Waals surface area contributed by atoms with Crippen LogP contribution in [0.2, 0.25) is 0 Å². The van der Waals surface area contributed by atoms with Crippen molar-refractivity contribution >= 4 is 12.1 Å². The van der Waals surface area contributed by atoms with Crippen LogP contribution in [0.3, 0.4) is 0 Å². The molecule has 0 spiro atoms. The van der Waals surface area contributed by atoms with E-state index in [-0.39, 0.29) is 18.9 Å². The van der Waals surface area contributed by atoms with Gasteiger partial charge in [0.25, 0.3) is 0 Å². The molecule has 1 atom stereocenters. The second kappa shape index (κ2) is 14.5. The van der Waals surface area contributed by atoms with E-state index in [1.807, 2.05) is 36.4 Å². The van der Waals surface area contributed by atoms with E-state index in [0.717, 1.165) is 38.9 Å². The number of carbonyl (C=O) groups excluding carboxylic acids is 1. The maximum Gasteiger partial charge on any atom is 0.407 e. The summed E-state index contributed by atoms with van der Waals surface area (Å²) in [7, 11) is 0. The largest absolute Gasteiger partial charge is 0.480 e. The van der Waals surface area contributed by atoms with Crippen molar-refractivity contribution in [3.05, 3.63) is 167 Å². The first-order valence-electron chi connectivity index (χ1n) is 16.2. The number of nitrogens with one attached hydrogen (secondary N) is 2. The highest BCUT2D eigenvalue weighted by Gasteiger charge is 2.36. The molecule has 6 rings (SSSR count). The molecule has 5 aromatic carbocycles. The summed E-state index contributed by atoms with van der Waals surface area (Å²) >= 11 is 0. The molecule has 0 fully saturated rings. The topological polar surface area (TPSA) is 87.7 Å². The van der Waals surface area contributed by atoms with E-state index >= 15 is 0 Å². The van der Waals surface area contributed by atoms with E-state index in [2.05, 4.69) is 115 Å². The minimum atomic E-state index is -1.07. The maximum absolute atomic E-state index is 12.8. The monoisotopic (exact) mass is 624 g/mol. The molecule has 1 unspecified atom stereocenters. The van der Waals surface area contributed by atoms with Crippen LogP contribution in [0.15, 0.2) is 133 Å². The summed E-state index contributed by atoms with van der Waals surface area (Å²) in [5.74, 6) is -1.17. The van der Waals surface area contributed by atoms with E-state index in [9.17, 15) is 14.7 Å². The van der Waals surface area contributed by atoms with Crippen molar-refractivity contribution < 1.29 is 19.4 Å². The Hall–Kier alpha value is -5.20. The van der Waals surface area contributed by atoms with Crippen molar-refractivity contribution in [1.82, 2.24) is 10.6 Å². The van der Waals surface area contributed by atoms with Gasteiger partial charge in [-0.1, -0.05) is 139 Å². The first kappa shape index (κ1) is 31.8. The van der Waals surface area contributed by atoms with Crippen molar-refractivity contribution in [1.29, 1.82) is 0 Å². The number of amides is 1. The van der Waals surface area contributed by atoms with Gasteiger partial charge in [-0.2, -0.15) is 0 Å². The van der Waals surface area contributed by atoms with Gasteiger partial charge in [0.05, 0.1) is 5.54 Å². The molecule has 0 bridgehead atoms. The van der Waals surface area contributed by atoms with E-state index < -0.39 is 23.6 Å². The second-order valence-electron chi connectivity index (χ2n) is 12.1. The van der Waals surface area contributed by atoms with Crippen LogP contribution in [0.25, 0.3) is 11.1 Å². The van der Waals surface area contributed by atoms with Crippen LogP contribution in [0.4, 0.5) is 4.79 Å². The Morgan fingerprint density at radius 1 is 0.702 bits per heavy atom. The molecule has 5 aromatic rings. The molecule has 0 aromatic heterocycles. The zero-order chi connectivity index (χ0) is 32.6. The van der Waals surface area contributed by atoms with Gasteiger partial charge in [0.15, 0.2) is 0 Å². The van der Waals surface area contributed by atoms with Crippen molar-refractivity contribution in [2.45, 2.75) is 43.7 Å². The van der Waals surface area contributed by atoms with Crippen LogP contribution >= 0.6 is 0 Å². The Kier molecular flexibility index (Phi) is 9.79. The Balaban J connectivity index is 1.09. The molecular weight excluding hydrogens is 584 g/mol. The molecule has 6 nitrogen and oxygen atoms in total.